The van der Waals surface area contributed by atoms with Crippen molar-refractivity contribution in [3.8, 4) is 0 Å². The van der Waals surface area contributed by atoms with Crippen LogP contribution in [0.2, 0.25) is 0 Å². The minimum atomic E-state index is 0.627. The topological polar surface area (TPSA) is 12.5 Å². The molecule has 0 spiro atoms. The Balaban J connectivity index is 1.76. The highest BCUT2D eigenvalue weighted by molar-refractivity contribution is 4.84. The molecule has 1 aliphatic heterocycles. The number of allylic oxidation sites excluding steroid dienone is 1. The molecule has 112 valence electrons. The summed E-state index contributed by atoms with van der Waals surface area (Å²) in [5.74, 6) is 0. The smallest absolute Gasteiger partial charge is 0.0841 e. The van der Waals surface area contributed by atoms with Crippen LogP contribution in [0.4, 0.5) is 0 Å². The zero-order chi connectivity index (χ0) is 13.8. The van der Waals surface area contributed by atoms with Gasteiger partial charge in [0.25, 0.3) is 0 Å². The molecule has 0 radical (unpaired) electrons. The molecule has 19 heavy (non-hydrogen) atoms. The maximum atomic E-state index is 5.75. The second-order valence-corrected chi connectivity index (χ2v) is 6.05. The van der Waals surface area contributed by atoms with E-state index in [1.54, 1.807) is 0 Å². The molecule has 2 atom stereocenters. The summed E-state index contributed by atoms with van der Waals surface area (Å²) in [6.07, 6.45) is 20.9. The van der Waals surface area contributed by atoms with Crippen LogP contribution in [-0.4, -0.2) is 12.2 Å². The lowest BCUT2D eigenvalue weighted by Crippen LogP contribution is -1.94. The average Bonchev–Trinajstić information content (AvgIpc) is 3.16. The molecule has 0 aliphatic carbocycles. The van der Waals surface area contributed by atoms with E-state index in [9.17, 15) is 0 Å². The normalized spacial score (nSPS) is 21.5. The van der Waals surface area contributed by atoms with Crippen LogP contribution in [0.3, 0.4) is 0 Å². The van der Waals surface area contributed by atoms with Crippen molar-refractivity contribution in [1.29, 1.82) is 0 Å². The Hall–Kier alpha value is -0.300. The first-order valence-corrected chi connectivity index (χ1v) is 8.64. The molecule has 0 amide bonds. The number of epoxide rings is 1. The minimum Gasteiger partial charge on any atom is -0.370 e. The first kappa shape index (κ1) is 16.8. The number of rotatable bonds is 14. The van der Waals surface area contributed by atoms with Crippen LogP contribution in [0.15, 0.2) is 12.7 Å². The van der Waals surface area contributed by atoms with Crippen molar-refractivity contribution in [3.05, 3.63) is 12.7 Å². The van der Waals surface area contributed by atoms with Crippen LogP contribution in [0, 0.1) is 0 Å². The van der Waals surface area contributed by atoms with Crippen molar-refractivity contribution in [3.63, 3.8) is 0 Å². The molecule has 0 aromatic rings. The fourth-order valence-electron chi connectivity index (χ4n) is 2.80. The van der Waals surface area contributed by atoms with Gasteiger partial charge in [0.15, 0.2) is 0 Å². The van der Waals surface area contributed by atoms with Gasteiger partial charge in [-0.2, -0.15) is 0 Å². The lowest BCUT2D eigenvalue weighted by molar-refractivity contribution is 0.348. The van der Waals surface area contributed by atoms with Crippen LogP contribution in [0.1, 0.15) is 90.4 Å². The molecule has 1 heterocycles. The summed E-state index contributed by atoms with van der Waals surface area (Å²) in [7, 11) is 0. The summed E-state index contributed by atoms with van der Waals surface area (Å²) < 4.78 is 5.75. The Kier molecular flexibility index (Phi) is 10.2. The summed E-state index contributed by atoms with van der Waals surface area (Å²) in [4.78, 5) is 0. The molecule has 0 bridgehead atoms. The van der Waals surface area contributed by atoms with Crippen LogP contribution in [0.25, 0.3) is 0 Å². The second kappa shape index (κ2) is 11.5. The summed E-state index contributed by atoms with van der Waals surface area (Å²) in [5.41, 5.74) is 0. The third-order valence-electron chi connectivity index (χ3n) is 4.18. The Morgan fingerprint density at radius 2 is 1.32 bits per heavy atom. The fourth-order valence-corrected chi connectivity index (χ4v) is 2.80. The van der Waals surface area contributed by atoms with E-state index in [0.717, 1.165) is 0 Å². The zero-order valence-electron chi connectivity index (χ0n) is 13.0. The first-order chi connectivity index (χ1) is 9.38. The van der Waals surface area contributed by atoms with Gasteiger partial charge >= 0.3 is 0 Å². The van der Waals surface area contributed by atoms with Crippen LogP contribution in [-0.2, 0) is 4.74 Å². The number of hydrogen-bond donors (Lipinski definition) is 0. The third-order valence-corrected chi connectivity index (χ3v) is 4.18. The van der Waals surface area contributed by atoms with Gasteiger partial charge in [-0.05, 0) is 25.7 Å². The van der Waals surface area contributed by atoms with Gasteiger partial charge in [-0.15, -0.1) is 6.58 Å². The van der Waals surface area contributed by atoms with Crippen molar-refractivity contribution in [2.45, 2.75) is 103 Å². The van der Waals surface area contributed by atoms with Crippen molar-refractivity contribution >= 4 is 0 Å². The van der Waals surface area contributed by atoms with Gasteiger partial charge in [-0.1, -0.05) is 70.8 Å². The van der Waals surface area contributed by atoms with E-state index >= 15 is 0 Å². The molecule has 1 rings (SSSR count). The molecule has 0 unspecified atom stereocenters. The van der Waals surface area contributed by atoms with E-state index in [0.29, 0.717) is 12.2 Å². The minimum absolute atomic E-state index is 0.627. The van der Waals surface area contributed by atoms with Gasteiger partial charge in [0, 0.05) is 0 Å². The highest BCUT2D eigenvalue weighted by Gasteiger charge is 2.36. The number of hydrogen-bond acceptors (Lipinski definition) is 1. The highest BCUT2D eigenvalue weighted by atomic mass is 16.6. The maximum absolute atomic E-state index is 5.75. The molecule has 0 saturated carbocycles. The number of ether oxygens (including phenoxy) is 1. The van der Waals surface area contributed by atoms with E-state index in [-0.39, 0.29) is 0 Å². The van der Waals surface area contributed by atoms with Crippen molar-refractivity contribution in [2.24, 2.45) is 0 Å². The number of unbranched alkanes of at least 4 members (excludes halogenated alkanes) is 9. The highest BCUT2D eigenvalue weighted by Crippen LogP contribution is 2.31. The molecule has 1 fully saturated rings. The summed E-state index contributed by atoms with van der Waals surface area (Å²) >= 11 is 0. The second-order valence-electron chi connectivity index (χ2n) is 6.05. The Bertz CT molecular complexity index is 212. The molecule has 1 heteroatoms. The molecule has 0 aromatic carbocycles. The zero-order valence-corrected chi connectivity index (χ0v) is 13.0. The average molecular weight is 266 g/mol. The molecular formula is C18H34O. The van der Waals surface area contributed by atoms with Gasteiger partial charge in [0.05, 0.1) is 12.2 Å². The first-order valence-electron chi connectivity index (χ1n) is 8.64. The van der Waals surface area contributed by atoms with E-state index < -0.39 is 0 Å². The fraction of sp³-hybridized carbons (Fsp3) is 0.889. The van der Waals surface area contributed by atoms with E-state index in [2.05, 4.69) is 13.5 Å². The van der Waals surface area contributed by atoms with Crippen molar-refractivity contribution in [2.75, 3.05) is 0 Å². The third kappa shape index (κ3) is 9.27. The predicted octanol–water partition coefficient (Wildman–Crippen LogP) is 6.03. The van der Waals surface area contributed by atoms with Crippen molar-refractivity contribution in [1.82, 2.24) is 0 Å². The monoisotopic (exact) mass is 266 g/mol. The maximum Gasteiger partial charge on any atom is 0.0841 e. The SMILES string of the molecule is C=CCCCCCCCC[C@H]1O[C@H]1CCCCCC. The van der Waals surface area contributed by atoms with Gasteiger partial charge in [-0.25, -0.2) is 0 Å². The standard InChI is InChI=1S/C18H34O/c1-3-5-7-9-10-11-12-14-16-18-17(19-18)15-13-8-6-4-2/h3,17-18H,1,4-16H2,2H3/t17-,18+/m0/s1. The molecule has 0 N–H and O–H groups in total. The van der Waals surface area contributed by atoms with Gasteiger partial charge < -0.3 is 4.74 Å². The lowest BCUT2D eigenvalue weighted by atomic mass is 10.0. The Morgan fingerprint density at radius 3 is 1.89 bits per heavy atom. The Labute approximate surface area is 120 Å². The van der Waals surface area contributed by atoms with E-state index in [1.165, 1.54) is 83.5 Å². The molecule has 0 aromatic heterocycles. The largest absolute Gasteiger partial charge is 0.370 e. The quantitative estimate of drug-likeness (QED) is 0.212. The van der Waals surface area contributed by atoms with E-state index in [4.69, 9.17) is 4.74 Å². The lowest BCUT2D eigenvalue weighted by Gasteiger charge is -2.00. The Morgan fingerprint density at radius 1 is 0.789 bits per heavy atom. The van der Waals surface area contributed by atoms with Crippen molar-refractivity contribution < 1.29 is 4.74 Å². The van der Waals surface area contributed by atoms with Gasteiger partial charge in [0.1, 0.15) is 0 Å². The summed E-state index contributed by atoms with van der Waals surface area (Å²) in [6.45, 7) is 6.03. The van der Waals surface area contributed by atoms with Gasteiger partial charge in [0.2, 0.25) is 0 Å². The molecule has 1 nitrogen and oxygen atoms in total. The summed E-state index contributed by atoms with van der Waals surface area (Å²) in [5, 5.41) is 0. The molecule has 1 aliphatic rings. The van der Waals surface area contributed by atoms with Crippen LogP contribution in [0.5, 0.6) is 0 Å². The molecule has 1 saturated heterocycles. The summed E-state index contributed by atoms with van der Waals surface area (Å²) in [6, 6.07) is 0. The van der Waals surface area contributed by atoms with E-state index in [1.807, 2.05) is 6.08 Å². The van der Waals surface area contributed by atoms with Gasteiger partial charge in [-0.3, -0.25) is 0 Å². The molecular weight excluding hydrogens is 232 g/mol. The predicted molar refractivity (Wildman–Crippen MR) is 84.6 cm³/mol. The van der Waals surface area contributed by atoms with Crippen LogP contribution < -0.4 is 0 Å². The van der Waals surface area contributed by atoms with Crippen LogP contribution >= 0.6 is 0 Å².